The fourth-order valence-corrected chi connectivity index (χ4v) is 4.09. The van der Waals surface area contributed by atoms with Crippen LogP contribution in [-0.4, -0.2) is 59.8 Å². The van der Waals surface area contributed by atoms with E-state index in [1.165, 1.54) is 12.1 Å². The topological polar surface area (TPSA) is 79.4 Å². The van der Waals surface area contributed by atoms with Crippen molar-refractivity contribution in [2.75, 3.05) is 39.4 Å². The molecule has 0 bridgehead atoms. The van der Waals surface area contributed by atoms with Crippen LogP contribution in [0.5, 0.6) is 0 Å². The van der Waals surface area contributed by atoms with Crippen molar-refractivity contribution >= 4 is 29.0 Å². The predicted molar refractivity (Wildman–Crippen MR) is 124 cm³/mol. The molecule has 2 heterocycles. The van der Waals surface area contributed by atoms with Crippen LogP contribution in [0.4, 0.5) is 4.39 Å². The molecule has 9 heteroatoms. The first kappa shape index (κ1) is 22.3. The van der Waals surface area contributed by atoms with Crippen molar-refractivity contribution in [2.45, 2.75) is 12.8 Å². The quantitative estimate of drug-likeness (QED) is 0.422. The van der Waals surface area contributed by atoms with Gasteiger partial charge >= 0.3 is 0 Å². The molecule has 0 spiro atoms. The number of carbonyl (C=O) groups is 1. The third-order valence-corrected chi connectivity index (χ3v) is 5.83. The molecule has 0 saturated carbocycles. The minimum absolute atomic E-state index is 0.0632. The van der Waals surface area contributed by atoms with Gasteiger partial charge in [0.1, 0.15) is 5.82 Å². The number of nitrogens with one attached hydrogen (secondary N) is 2. The Hall–Kier alpha value is -2.88. The average Bonchev–Trinajstić information content (AvgIpc) is 2.80. The number of para-hydroxylation sites is 1. The molecule has 2 aromatic carbocycles. The Kier molecular flexibility index (Phi) is 7.09. The molecule has 1 aromatic heterocycles. The van der Waals surface area contributed by atoms with Crippen LogP contribution in [-0.2, 0) is 4.74 Å². The van der Waals surface area contributed by atoms with E-state index in [4.69, 9.17) is 17.0 Å². The van der Waals surface area contributed by atoms with Gasteiger partial charge in [0.25, 0.3) is 11.5 Å². The van der Waals surface area contributed by atoms with Gasteiger partial charge in [-0.2, -0.15) is 0 Å². The SMILES string of the molecule is O=C(NCCCCN1CCOCC1)c1ccc2c(=O)n(-c3ccccc3F)c(=S)[nH]c2c1. The third kappa shape index (κ3) is 4.95. The van der Waals surface area contributed by atoms with Crippen LogP contribution in [0.2, 0.25) is 0 Å². The highest BCUT2D eigenvalue weighted by Gasteiger charge is 2.13. The number of fused-ring (bicyclic) bond motifs is 1. The van der Waals surface area contributed by atoms with Crippen molar-refractivity contribution in [2.24, 2.45) is 0 Å². The van der Waals surface area contributed by atoms with Crippen LogP contribution < -0.4 is 10.9 Å². The van der Waals surface area contributed by atoms with Crippen LogP contribution in [0.1, 0.15) is 23.2 Å². The minimum Gasteiger partial charge on any atom is -0.379 e. The summed E-state index contributed by atoms with van der Waals surface area (Å²) in [5, 5.41) is 3.24. The Morgan fingerprint density at radius 1 is 1.16 bits per heavy atom. The summed E-state index contributed by atoms with van der Waals surface area (Å²) in [7, 11) is 0. The first-order chi connectivity index (χ1) is 15.5. The molecule has 32 heavy (non-hydrogen) atoms. The molecule has 4 rings (SSSR count). The highest BCUT2D eigenvalue weighted by Crippen LogP contribution is 2.15. The van der Waals surface area contributed by atoms with E-state index in [1.807, 2.05) is 0 Å². The van der Waals surface area contributed by atoms with E-state index in [-0.39, 0.29) is 16.4 Å². The molecule has 1 aliphatic rings. The zero-order valence-electron chi connectivity index (χ0n) is 17.6. The summed E-state index contributed by atoms with van der Waals surface area (Å²) in [6, 6.07) is 10.7. The lowest BCUT2D eigenvalue weighted by molar-refractivity contribution is 0.0372. The van der Waals surface area contributed by atoms with Crippen LogP contribution in [0.15, 0.2) is 47.3 Å². The number of unbranched alkanes of at least 4 members (excludes halogenated alkanes) is 1. The molecule has 7 nitrogen and oxygen atoms in total. The van der Waals surface area contributed by atoms with Crippen LogP contribution in [0.3, 0.4) is 0 Å². The molecule has 1 saturated heterocycles. The number of carbonyl (C=O) groups excluding carboxylic acids is 1. The van der Waals surface area contributed by atoms with E-state index in [2.05, 4.69) is 15.2 Å². The van der Waals surface area contributed by atoms with Crippen LogP contribution in [0, 0.1) is 10.6 Å². The van der Waals surface area contributed by atoms with Gasteiger partial charge < -0.3 is 15.0 Å². The molecule has 0 aliphatic carbocycles. The van der Waals surface area contributed by atoms with Crippen molar-refractivity contribution in [1.82, 2.24) is 19.8 Å². The Balaban J connectivity index is 1.43. The highest BCUT2D eigenvalue weighted by atomic mass is 32.1. The van der Waals surface area contributed by atoms with Gasteiger partial charge in [0.05, 0.1) is 29.8 Å². The van der Waals surface area contributed by atoms with E-state index in [1.54, 1.807) is 30.3 Å². The fourth-order valence-electron chi connectivity index (χ4n) is 3.80. The second-order valence-corrected chi connectivity index (χ2v) is 8.09. The fraction of sp³-hybridized carbons (Fsp3) is 0.348. The Labute approximate surface area is 189 Å². The van der Waals surface area contributed by atoms with Gasteiger partial charge in [-0.1, -0.05) is 12.1 Å². The minimum atomic E-state index is -0.543. The van der Waals surface area contributed by atoms with E-state index in [0.717, 1.165) is 50.3 Å². The van der Waals surface area contributed by atoms with E-state index < -0.39 is 11.4 Å². The normalized spacial score (nSPS) is 14.5. The maximum absolute atomic E-state index is 14.2. The average molecular weight is 457 g/mol. The maximum atomic E-state index is 14.2. The number of ether oxygens (including phenoxy) is 1. The molecule has 1 amide bonds. The highest BCUT2D eigenvalue weighted by molar-refractivity contribution is 7.71. The number of amides is 1. The third-order valence-electron chi connectivity index (χ3n) is 5.54. The van der Waals surface area contributed by atoms with Crippen molar-refractivity contribution in [3.8, 4) is 5.69 Å². The van der Waals surface area contributed by atoms with Crippen LogP contribution in [0.25, 0.3) is 16.6 Å². The van der Waals surface area contributed by atoms with E-state index in [9.17, 15) is 14.0 Å². The Morgan fingerprint density at radius 2 is 1.94 bits per heavy atom. The predicted octanol–water partition coefficient (Wildman–Crippen LogP) is 3.03. The van der Waals surface area contributed by atoms with Gasteiger partial charge in [0, 0.05) is 25.2 Å². The summed E-state index contributed by atoms with van der Waals surface area (Å²) in [4.78, 5) is 30.8. The smallest absolute Gasteiger partial charge is 0.266 e. The molecular formula is C23H25FN4O3S. The zero-order valence-corrected chi connectivity index (χ0v) is 18.4. The number of halogens is 1. The number of nitrogens with zero attached hydrogens (tertiary/aromatic N) is 2. The van der Waals surface area contributed by atoms with Gasteiger partial charge in [-0.3, -0.25) is 14.5 Å². The van der Waals surface area contributed by atoms with Gasteiger partial charge in [0.15, 0.2) is 4.77 Å². The number of morpholine rings is 1. The largest absolute Gasteiger partial charge is 0.379 e. The van der Waals surface area contributed by atoms with Gasteiger partial charge in [-0.05, 0) is 61.9 Å². The standard InChI is InChI=1S/C23H25FN4O3S/c24-18-5-1-2-6-20(18)28-22(30)17-8-7-16(15-19(17)26-23(28)32)21(29)25-9-3-4-10-27-11-13-31-14-12-27/h1-2,5-8,15H,3-4,9-14H2,(H,25,29)(H,26,32). The lowest BCUT2D eigenvalue weighted by atomic mass is 10.1. The molecule has 0 atom stereocenters. The summed E-state index contributed by atoms with van der Waals surface area (Å²) in [5.74, 6) is -0.756. The summed E-state index contributed by atoms with van der Waals surface area (Å²) in [6.45, 7) is 5.07. The molecule has 0 radical (unpaired) electrons. The Morgan fingerprint density at radius 3 is 2.72 bits per heavy atom. The second-order valence-electron chi connectivity index (χ2n) is 7.70. The van der Waals surface area contributed by atoms with Crippen molar-refractivity contribution < 1.29 is 13.9 Å². The number of benzene rings is 2. The van der Waals surface area contributed by atoms with Crippen molar-refractivity contribution in [1.29, 1.82) is 0 Å². The molecular weight excluding hydrogens is 431 g/mol. The summed E-state index contributed by atoms with van der Waals surface area (Å²) in [6.07, 6.45) is 1.88. The number of H-pyrrole nitrogens is 1. The van der Waals surface area contributed by atoms with Crippen LogP contribution >= 0.6 is 12.2 Å². The van der Waals surface area contributed by atoms with Gasteiger partial charge in [0.2, 0.25) is 0 Å². The number of aromatic amines is 1. The lowest BCUT2D eigenvalue weighted by Crippen LogP contribution is -2.37. The van der Waals surface area contributed by atoms with Gasteiger partial charge in [-0.15, -0.1) is 0 Å². The number of hydrogen-bond acceptors (Lipinski definition) is 5. The Bertz CT molecular complexity index is 1230. The van der Waals surface area contributed by atoms with E-state index in [0.29, 0.717) is 23.0 Å². The van der Waals surface area contributed by atoms with Crippen molar-refractivity contribution in [3.63, 3.8) is 0 Å². The van der Waals surface area contributed by atoms with Crippen molar-refractivity contribution in [3.05, 3.63) is 69.0 Å². The second kappa shape index (κ2) is 10.2. The summed E-state index contributed by atoms with van der Waals surface area (Å²) >= 11 is 5.30. The van der Waals surface area contributed by atoms with E-state index >= 15 is 0 Å². The molecule has 0 unspecified atom stereocenters. The number of aromatic nitrogens is 2. The first-order valence-corrected chi connectivity index (χ1v) is 11.1. The van der Waals surface area contributed by atoms with Gasteiger partial charge in [-0.25, -0.2) is 8.96 Å². The summed E-state index contributed by atoms with van der Waals surface area (Å²) < 4.78 is 20.7. The number of rotatable bonds is 7. The first-order valence-electron chi connectivity index (χ1n) is 10.7. The number of hydrogen-bond donors (Lipinski definition) is 2. The monoisotopic (exact) mass is 456 g/mol. The molecule has 1 aliphatic heterocycles. The molecule has 3 aromatic rings. The summed E-state index contributed by atoms with van der Waals surface area (Å²) in [5.41, 5.74) is 0.510. The molecule has 1 fully saturated rings. The lowest BCUT2D eigenvalue weighted by Gasteiger charge is -2.26. The maximum Gasteiger partial charge on any atom is 0.266 e. The molecule has 2 N–H and O–H groups in total. The molecule has 168 valence electrons. The zero-order chi connectivity index (χ0) is 22.5.